The highest BCUT2D eigenvalue weighted by Crippen LogP contribution is 2.41. The summed E-state index contributed by atoms with van der Waals surface area (Å²) in [7, 11) is 1.56. The van der Waals surface area contributed by atoms with Gasteiger partial charge in [-0.25, -0.2) is 0 Å². The van der Waals surface area contributed by atoms with E-state index in [1.165, 1.54) is 4.90 Å². The molecule has 1 N–H and O–H groups in total. The normalized spacial score (nSPS) is 20.8. The fraction of sp³-hybridized carbons (Fsp3) is 0.345. The molecular formula is C29H31N2O5+. The number of fused-ring (bicyclic) bond motifs is 1. The average molecular weight is 488 g/mol. The highest BCUT2D eigenvalue weighted by Gasteiger charge is 2.51. The molecule has 2 saturated heterocycles. The number of likely N-dealkylation sites (tertiary alicyclic amines) is 1. The third-order valence-corrected chi connectivity index (χ3v) is 7.33. The maximum Gasteiger partial charge on any atom is 0.291 e. The van der Waals surface area contributed by atoms with Crippen LogP contribution in [-0.4, -0.2) is 68.9 Å². The number of nitrogens with one attached hydrogen (secondary N) is 1. The lowest BCUT2D eigenvalue weighted by molar-refractivity contribution is -0.908. The van der Waals surface area contributed by atoms with E-state index in [4.69, 9.17) is 9.47 Å². The molecule has 2 unspecified atom stereocenters. The Morgan fingerprint density at radius 2 is 1.72 bits per heavy atom. The van der Waals surface area contributed by atoms with E-state index in [0.717, 1.165) is 55.6 Å². The van der Waals surface area contributed by atoms with Gasteiger partial charge < -0.3 is 19.3 Å². The third-order valence-electron chi connectivity index (χ3n) is 7.33. The Morgan fingerprint density at radius 1 is 1.00 bits per heavy atom. The summed E-state index contributed by atoms with van der Waals surface area (Å²) in [5.41, 5.74) is 1.23. The summed E-state index contributed by atoms with van der Waals surface area (Å²) in [5, 5.41) is 1.96. The van der Waals surface area contributed by atoms with Gasteiger partial charge in [-0.1, -0.05) is 42.5 Å². The molecule has 2 atom stereocenters. The molecule has 0 saturated carbocycles. The van der Waals surface area contributed by atoms with E-state index < -0.39 is 23.7 Å². The molecule has 7 heteroatoms. The van der Waals surface area contributed by atoms with Crippen LogP contribution in [0.15, 0.2) is 66.7 Å². The Morgan fingerprint density at radius 3 is 2.47 bits per heavy atom. The fourth-order valence-corrected chi connectivity index (χ4v) is 5.43. The molecule has 1 amide bonds. The number of amides is 1. The molecule has 2 heterocycles. The number of carbonyl (C=O) groups is 3. The van der Waals surface area contributed by atoms with Gasteiger partial charge in [-0.3, -0.25) is 14.4 Å². The summed E-state index contributed by atoms with van der Waals surface area (Å²) in [6.45, 7) is 4.69. The van der Waals surface area contributed by atoms with Gasteiger partial charge in [-0.2, -0.15) is 0 Å². The highest BCUT2D eigenvalue weighted by molar-refractivity contribution is 6.44. The maximum atomic E-state index is 13.7. The van der Waals surface area contributed by atoms with Crippen LogP contribution < -0.4 is 9.64 Å². The fourth-order valence-electron chi connectivity index (χ4n) is 5.43. The SMILES string of the molecule is COc1ccc(C(=O)C2C(=O)C(=O)N(CCC[NH+]3CCOCC3)C2c2cccc3ccccc23)cc1. The molecule has 0 spiro atoms. The molecule has 2 fully saturated rings. The number of ether oxygens (including phenoxy) is 2. The molecule has 3 aromatic rings. The molecule has 0 aromatic heterocycles. The Hall–Kier alpha value is -3.55. The van der Waals surface area contributed by atoms with Crippen LogP contribution in [0.4, 0.5) is 0 Å². The lowest BCUT2D eigenvalue weighted by atomic mass is 9.84. The largest absolute Gasteiger partial charge is 0.497 e. The van der Waals surface area contributed by atoms with Gasteiger partial charge in [0, 0.05) is 18.5 Å². The van der Waals surface area contributed by atoms with Gasteiger partial charge in [0.25, 0.3) is 5.91 Å². The zero-order chi connectivity index (χ0) is 25.1. The average Bonchev–Trinajstić information content (AvgIpc) is 3.18. The first-order valence-electron chi connectivity index (χ1n) is 12.5. The smallest absolute Gasteiger partial charge is 0.291 e. The summed E-state index contributed by atoms with van der Waals surface area (Å²) < 4.78 is 10.7. The van der Waals surface area contributed by atoms with Gasteiger partial charge in [0.15, 0.2) is 5.78 Å². The van der Waals surface area contributed by atoms with Gasteiger partial charge in [0.1, 0.15) is 24.8 Å². The number of Topliss-reactive ketones (excluding diaryl/α,β-unsaturated/α-hetero) is 2. The molecular weight excluding hydrogens is 456 g/mol. The first kappa shape index (κ1) is 24.2. The lowest BCUT2D eigenvalue weighted by Crippen LogP contribution is -3.14. The first-order valence-corrected chi connectivity index (χ1v) is 12.5. The summed E-state index contributed by atoms with van der Waals surface area (Å²) >= 11 is 0. The number of ketones is 2. The van der Waals surface area contributed by atoms with E-state index >= 15 is 0 Å². The van der Waals surface area contributed by atoms with Crippen molar-refractivity contribution in [3.05, 3.63) is 77.9 Å². The van der Waals surface area contributed by atoms with Crippen molar-refractivity contribution in [1.29, 1.82) is 0 Å². The van der Waals surface area contributed by atoms with E-state index in [1.54, 1.807) is 36.3 Å². The number of morpholine rings is 1. The van der Waals surface area contributed by atoms with Crippen LogP contribution in [-0.2, 0) is 14.3 Å². The molecule has 7 nitrogen and oxygen atoms in total. The van der Waals surface area contributed by atoms with Crippen LogP contribution >= 0.6 is 0 Å². The van der Waals surface area contributed by atoms with Crippen molar-refractivity contribution in [3.8, 4) is 5.75 Å². The van der Waals surface area contributed by atoms with Crippen molar-refractivity contribution < 1.29 is 28.8 Å². The molecule has 0 aliphatic carbocycles. The van der Waals surface area contributed by atoms with Crippen molar-refractivity contribution >= 4 is 28.2 Å². The number of quaternary nitrogens is 1. The van der Waals surface area contributed by atoms with Crippen molar-refractivity contribution in [2.24, 2.45) is 5.92 Å². The highest BCUT2D eigenvalue weighted by atomic mass is 16.5. The second-order valence-electron chi connectivity index (χ2n) is 9.41. The quantitative estimate of drug-likeness (QED) is 0.299. The number of hydrogen-bond acceptors (Lipinski definition) is 5. The summed E-state index contributed by atoms with van der Waals surface area (Å²) in [6, 6.07) is 19.8. The van der Waals surface area contributed by atoms with Crippen molar-refractivity contribution in [2.45, 2.75) is 12.5 Å². The minimum absolute atomic E-state index is 0.338. The molecule has 3 aromatic carbocycles. The van der Waals surface area contributed by atoms with E-state index in [2.05, 4.69) is 0 Å². The topological polar surface area (TPSA) is 77.4 Å². The Bertz CT molecular complexity index is 1260. The number of rotatable bonds is 8. The third kappa shape index (κ3) is 4.64. The van der Waals surface area contributed by atoms with Gasteiger partial charge >= 0.3 is 0 Å². The second kappa shape index (κ2) is 10.6. The number of methoxy groups -OCH3 is 1. The molecule has 2 aliphatic heterocycles. The summed E-state index contributed by atoms with van der Waals surface area (Å²) in [6.07, 6.45) is 0.749. The molecule has 2 aliphatic rings. The van der Waals surface area contributed by atoms with Gasteiger partial charge in [-0.15, -0.1) is 0 Å². The van der Waals surface area contributed by atoms with E-state index in [-0.39, 0.29) is 5.78 Å². The predicted octanol–water partition coefficient (Wildman–Crippen LogP) is 2.11. The standard InChI is InChI=1S/C29H30N2O5/c1-35-22-12-10-21(11-13-22)27(32)25-26(24-9-4-7-20-6-2-3-8-23(20)24)31(29(34)28(25)33)15-5-14-30-16-18-36-19-17-30/h2-4,6-13,25-26H,5,14-19H2,1H3/p+1. The zero-order valence-corrected chi connectivity index (χ0v) is 20.4. The van der Waals surface area contributed by atoms with Crippen LogP contribution in [0.2, 0.25) is 0 Å². The molecule has 0 radical (unpaired) electrons. The Balaban J connectivity index is 1.50. The Labute approximate surface area is 210 Å². The zero-order valence-electron chi connectivity index (χ0n) is 20.4. The van der Waals surface area contributed by atoms with Crippen LogP contribution in [0.3, 0.4) is 0 Å². The predicted molar refractivity (Wildman–Crippen MR) is 135 cm³/mol. The van der Waals surface area contributed by atoms with E-state index in [9.17, 15) is 14.4 Å². The van der Waals surface area contributed by atoms with Crippen LogP contribution in [0.25, 0.3) is 10.8 Å². The lowest BCUT2D eigenvalue weighted by Gasteiger charge is -2.29. The molecule has 186 valence electrons. The van der Waals surface area contributed by atoms with Gasteiger partial charge in [-0.05, 0) is 40.6 Å². The van der Waals surface area contributed by atoms with E-state index in [0.29, 0.717) is 17.9 Å². The second-order valence-corrected chi connectivity index (χ2v) is 9.41. The first-order chi connectivity index (χ1) is 17.6. The number of hydrogen-bond donors (Lipinski definition) is 1. The Kier molecular flexibility index (Phi) is 7.11. The number of nitrogens with zero attached hydrogens (tertiary/aromatic N) is 1. The monoisotopic (exact) mass is 487 g/mol. The summed E-state index contributed by atoms with van der Waals surface area (Å²) in [5.74, 6) is -2.01. The van der Waals surface area contributed by atoms with Crippen LogP contribution in [0, 0.1) is 5.92 Å². The molecule has 5 rings (SSSR count). The number of benzene rings is 3. The van der Waals surface area contributed by atoms with Crippen LogP contribution in [0.5, 0.6) is 5.75 Å². The van der Waals surface area contributed by atoms with Crippen molar-refractivity contribution in [1.82, 2.24) is 4.90 Å². The maximum absolute atomic E-state index is 13.7. The van der Waals surface area contributed by atoms with Crippen LogP contribution in [0.1, 0.15) is 28.4 Å². The van der Waals surface area contributed by atoms with Crippen molar-refractivity contribution in [2.75, 3.05) is 46.5 Å². The number of carbonyl (C=O) groups excluding carboxylic acids is 3. The van der Waals surface area contributed by atoms with Crippen molar-refractivity contribution in [3.63, 3.8) is 0 Å². The summed E-state index contributed by atoms with van der Waals surface area (Å²) in [4.78, 5) is 43.5. The molecule has 36 heavy (non-hydrogen) atoms. The minimum Gasteiger partial charge on any atom is -0.497 e. The van der Waals surface area contributed by atoms with Gasteiger partial charge in [0.05, 0.1) is 32.9 Å². The van der Waals surface area contributed by atoms with E-state index in [1.807, 2.05) is 42.5 Å². The molecule has 0 bridgehead atoms. The minimum atomic E-state index is -1.09. The van der Waals surface area contributed by atoms with Gasteiger partial charge in [0.2, 0.25) is 5.78 Å².